The molecule has 0 aromatic rings. The number of carbonyl (C=O) groups excluding carboxylic acids is 4. The fraction of sp³-hybridized carbons (Fsp3) is 0.925. The third kappa shape index (κ3) is 42.8. The van der Waals surface area contributed by atoms with Gasteiger partial charge in [-0.2, -0.15) is 0 Å². The van der Waals surface area contributed by atoms with E-state index < -0.39 is 0 Å². The van der Waals surface area contributed by atoms with Gasteiger partial charge in [-0.05, 0) is 32.4 Å². The van der Waals surface area contributed by atoms with E-state index in [9.17, 15) is 19.2 Å². The fourth-order valence-electron chi connectivity index (χ4n) is 7.96. The average molecular weight is 925 g/mol. The van der Waals surface area contributed by atoms with Gasteiger partial charge in [0.2, 0.25) is 0 Å². The third-order valence-corrected chi connectivity index (χ3v) is 12.6. The monoisotopic (exact) mass is 925 g/mol. The number of esters is 4. The van der Waals surface area contributed by atoms with Crippen molar-refractivity contribution in [2.24, 2.45) is 0 Å². The molecule has 0 N–H and O–H groups in total. The minimum absolute atomic E-state index is 0.169. The molecule has 12 nitrogen and oxygen atoms in total. The maximum atomic E-state index is 12.8. The Morgan fingerprint density at radius 2 is 0.523 bits per heavy atom. The first-order valence-corrected chi connectivity index (χ1v) is 27.2. The molecule has 0 atom stereocenters. The van der Waals surface area contributed by atoms with Gasteiger partial charge in [0, 0.05) is 65.4 Å². The van der Waals surface area contributed by atoms with E-state index in [4.69, 9.17) is 18.9 Å². The van der Waals surface area contributed by atoms with Crippen molar-refractivity contribution in [2.75, 3.05) is 105 Å². The second-order valence-electron chi connectivity index (χ2n) is 18.2. The van der Waals surface area contributed by atoms with E-state index >= 15 is 0 Å². The Morgan fingerprint density at radius 3 is 0.769 bits per heavy atom. The summed E-state index contributed by atoms with van der Waals surface area (Å²) in [5, 5.41) is 0. The summed E-state index contributed by atoms with van der Waals surface area (Å²) in [5.74, 6) is -0.768. The highest BCUT2D eigenvalue weighted by molar-refractivity contribution is 5.70. The van der Waals surface area contributed by atoms with Gasteiger partial charge in [-0.1, -0.05) is 169 Å². The molecule has 0 aliphatic rings. The molecule has 0 radical (unpaired) electrons. The normalized spacial score (nSPS) is 11.6. The van der Waals surface area contributed by atoms with Crippen molar-refractivity contribution in [1.82, 2.24) is 19.6 Å². The molecule has 0 aromatic heterocycles. The van der Waals surface area contributed by atoms with E-state index in [0.717, 1.165) is 90.9 Å². The number of hydrogen-bond acceptors (Lipinski definition) is 12. The number of hydrogen-bond donors (Lipinski definition) is 0. The summed E-state index contributed by atoms with van der Waals surface area (Å²) < 4.78 is 21.7. The Bertz CT molecular complexity index is 1060. The van der Waals surface area contributed by atoms with Crippen LogP contribution in [-0.2, 0) is 38.1 Å². The molecule has 0 amide bonds. The smallest absolute Gasteiger partial charge is 0.307 e. The van der Waals surface area contributed by atoms with E-state index in [1.54, 1.807) is 0 Å². The Morgan fingerprint density at radius 1 is 0.292 bits per heavy atom. The van der Waals surface area contributed by atoms with Crippen LogP contribution in [-0.4, -0.2) is 149 Å². The highest BCUT2D eigenvalue weighted by Crippen LogP contribution is 2.12. The molecule has 0 aliphatic heterocycles. The van der Waals surface area contributed by atoms with Crippen molar-refractivity contribution in [3.8, 4) is 0 Å². The zero-order valence-electron chi connectivity index (χ0n) is 43.5. The lowest BCUT2D eigenvalue weighted by Crippen LogP contribution is -2.43. The molecule has 0 saturated carbocycles. The topological polar surface area (TPSA) is 118 Å². The van der Waals surface area contributed by atoms with Gasteiger partial charge in [-0.15, -0.1) is 0 Å². The molecule has 0 rings (SSSR count). The first-order chi connectivity index (χ1) is 31.7. The van der Waals surface area contributed by atoms with Crippen LogP contribution >= 0.6 is 0 Å². The summed E-state index contributed by atoms with van der Waals surface area (Å²) in [6.07, 6.45) is 30.1. The second-order valence-corrected chi connectivity index (χ2v) is 18.2. The van der Waals surface area contributed by atoms with Crippen molar-refractivity contribution in [3.05, 3.63) is 0 Å². The standard InChI is InChI=1S/C53H104N4O8/c1-7-12-15-18-21-24-27-30-47-63-51(59)34-38-56(37-33-50(58)62-6)45-43-54(10-4)41-42-55(11-5)44-46-57(39-35-52(60)64-48-31-28-25-22-19-16-13-8-2)40-36-53(61)65-49-32-29-26-23-20-17-14-9-3/h7-49H2,1-6H3. The molecule has 0 heterocycles. The lowest BCUT2D eigenvalue weighted by Gasteiger charge is -2.30. The van der Waals surface area contributed by atoms with Crippen molar-refractivity contribution in [1.29, 1.82) is 0 Å². The van der Waals surface area contributed by atoms with Crippen LogP contribution < -0.4 is 0 Å². The maximum absolute atomic E-state index is 12.8. The molecule has 0 fully saturated rings. The van der Waals surface area contributed by atoms with Gasteiger partial charge in [0.25, 0.3) is 0 Å². The molecule has 0 unspecified atom stereocenters. The molecule has 12 heteroatoms. The van der Waals surface area contributed by atoms with Crippen LogP contribution in [0.2, 0.25) is 0 Å². The summed E-state index contributed by atoms with van der Waals surface area (Å²) in [6.45, 7) is 21.3. The third-order valence-electron chi connectivity index (χ3n) is 12.6. The number of rotatable bonds is 50. The highest BCUT2D eigenvalue weighted by atomic mass is 16.5. The van der Waals surface area contributed by atoms with Gasteiger partial charge in [0.1, 0.15) is 0 Å². The predicted molar refractivity (Wildman–Crippen MR) is 268 cm³/mol. The van der Waals surface area contributed by atoms with Crippen molar-refractivity contribution < 1.29 is 38.1 Å². The summed E-state index contributed by atoms with van der Waals surface area (Å²) >= 11 is 0. The van der Waals surface area contributed by atoms with Gasteiger partial charge in [-0.3, -0.25) is 19.2 Å². The van der Waals surface area contributed by atoms with Crippen LogP contribution in [0.15, 0.2) is 0 Å². The molecular weight excluding hydrogens is 821 g/mol. The molecule has 0 aromatic carbocycles. The largest absolute Gasteiger partial charge is 0.469 e. The van der Waals surface area contributed by atoms with E-state index in [0.29, 0.717) is 65.3 Å². The number of methoxy groups -OCH3 is 1. The Hall–Kier alpha value is -2.28. The highest BCUT2D eigenvalue weighted by Gasteiger charge is 2.17. The Balaban J connectivity index is 5.03. The Kier molecular flexibility index (Phi) is 46.5. The Labute approximate surface area is 400 Å². The first-order valence-electron chi connectivity index (χ1n) is 27.2. The molecular formula is C53H104N4O8. The van der Waals surface area contributed by atoms with Crippen molar-refractivity contribution in [3.63, 3.8) is 0 Å². The van der Waals surface area contributed by atoms with Crippen LogP contribution in [0.1, 0.15) is 214 Å². The minimum atomic E-state index is -0.251. The van der Waals surface area contributed by atoms with Crippen LogP contribution in [0.25, 0.3) is 0 Å². The summed E-state index contributed by atoms with van der Waals surface area (Å²) in [7, 11) is 1.41. The zero-order chi connectivity index (χ0) is 47.9. The van der Waals surface area contributed by atoms with Crippen molar-refractivity contribution in [2.45, 2.75) is 214 Å². The summed E-state index contributed by atoms with van der Waals surface area (Å²) in [6, 6.07) is 0. The second kappa shape index (κ2) is 48.2. The van der Waals surface area contributed by atoms with E-state index in [1.807, 2.05) is 0 Å². The molecule has 0 aliphatic carbocycles. The molecule has 0 bridgehead atoms. The van der Waals surface area contributed by atoms with Gasteiger partial charge < -0.3 is 38.5 Å². The van der Waals surface area contributed by atoms with E-state index in [1.165, 1.54) is 123 Å². The predicted octanol–water partition coefficient (Wildman–Crippen LogP) is 11.0. The van der Waals surface area contributed by atoms with Crippen LogP contribution in [0.3, 0.4) is 0 Å². The van der Waals surface area contributed by atoms with Gasteiger partial charge in [0.15, 0.2) is 0 Å². The number of ether oxygens (including phenoxy) is 4. The summed E-state index contributed by atoms with van der Waals surface area (Å²) in [5.41, 5.74) is 0. The van der Waals surface area contributed by atoms with E-state index in [2.05, 4.69) is 54.2 Å². The van der Waals surface area contributed by atoms with E-state index in [-0.39, 0.29) is 30.3 Å². The van der Waals surface area contributed by atoms with Crippen LogP contribution in [0.4, 0.5) is 0 Å². The number of carbonyl (C=O) groups is 4. The number of unbranched alkanes of at least 4 members (excludes halogenated alkanes) is 21. The summed E-state index contributed by atoms with van der Waals surface area (Å²) in [4.78, 5) is 59.4. The molecule has 384 valence electrons. The lowest BCUT2D eigenvalue weighted by molar-refractivity contribution is -0.145. The van der Waals surface area contributed by atoms with Gasteiger partial charge in [0.05, 0.1) is 52.6 Å². The maximum Gasteiger partial charge on any atom is 0.307 e. The quantitative estimate of drug-likeness (QED) is 0.0328. The average Bonchev–Trinajstić information content (AvgIpc) is 3.31. The van der Waals surface area contributed by atoms with Crippen LogP contribution in [0, 0.1) is 0 Å². The minimum Gasteiger partial charge on any atom is -0.469 e. The molecule has 65 heavy (non-hydrogen) atoms. The van der Waals surface area contributed by atoms with Crippen molar-refractivity contribution >= 4 is 23.9 Å². The van der Waals surface area contributed by atoms with Crippen LogP contribution in [0.5, 0.6) is 0 Å². The fourth-order valence-corrected chi connectivity index (χ4v) is 7.96. The lowest BCUT2D eigenvalue weighted by atomic mass is 10.1. The number of likely N-dealkylation sites (N-methyl/N-ethyl adjacent to an activating group) is 2. The molecule has 0 saturated heterocycles. The first kappa shape index (κ1) is 62.7. The number of nitrogens with zero attached hydrogens (tertiary/aromatic N) is 4. The molecule has 0 spiro atoms. The van der Waals surface area contributed by atoms with Gasteiger partial charge in [-0.25, -0.2) is 0 Å². The van der Waals surface area contributed by atoms with Gasteiger partial charge >= 0.3 is 23.9 Å². The zero-order valence-corrected chi connectivity index (χ0v) is 43.5. The SMILES string of the molecule is CCCCCCCCCCOC(=O)CCN(CCC(=O)OC)CCN(CC)CCN(CC)CCN(CCC(=O)OCCCCCCCCCC)CCC(=O)OCCCCCCCCCC.